The zero-order chi connectivity index (χ0) is 21.5. The lowest BCUT2D eigenvalue weighted by atomic mass is 9.49. The van der Waals surface area contributed by atoms with Crippen molar-refractivity contribution >= 4 is 23.2 Å². The molecule has 0 saturated heterocycles. The minimum atomic E-state index is -0.377. The molecule has 2 aromatic rings. The molecule has 1 heterocycles. The second-order valence-electron chi connectivity index (χ2n) is 8.79. The summed E-state index contributed by atoms with van der Waals surface area (Å²) in [6.45, 7) is 11.1. The van der Waals surface area contributed by atoms with E-state index in [4.69, 9.17) is 5.10 Å². The summed E-state index contributed by atoms with van der Waals surface area (Å²) in [5, 5.41) is 18.0. The highest BCUT2D eigenvalue weighted by Gasteiger charge is 2.50. The Hall–Kier alpha value is -2.80. The number of aromatic nitrogens is 1. The molecule has 0 radical (unpaired) electrons. The van der Waals surface area contributed by atoms with Gasteiger partial charge < -0.3 is 0 Å². The lowest BCUT2D eigenvalue weighted by Gasteiger charge is -2.55. The average molecular weight is 423 g/mol. The molecule has 0 amide bonds. The first-order valence-corrected chi connectivity index (χ1v) is 11.0. The quantitative estimate of drug-likeness (QED) is 0.269. The second-order valence-corrected chi connectivity index (χ2v) is 9.62. The van der Waals surface area contributed by atoms with Gasteiger partial charge in [0.1, 0.15) is 0 Å². The van der Waals surface area contributed by atoms with Gasteiger partial charge in [-0.3, -0.25) is 15.1 Å². The van der Waals surface area contributed by atoms with Crippen molar-refractivity contribution in [1.29, 1.82) is 0 Å². The SMILES string of the molecule is C=C(C)CN=c1scc(-c2cccc([N+](=O)[O-])c2)n1N=CC1=CCC2CC1C2(C)C. The second kappa shape index (κ2) is 7.80. The fourth-order valence-electron chi connectivity index (χ4n) is 4.37. The third-order valence-corrected chi connectivity index (χ3v) is 7.21. The van der Waals surface area contributed by atoms with Crippen molar-refractivity contribution in [1.82, 2.24) is 4.68 Å². The fraction of sp³-hybridized carbons (Fsp3) is 0.391. The van der Waals surface area contributed by atoms with Gasteiger partial charge in [-0.25, -0.2) is 4.68 Å². The Bertz CT molecular complexity index is 1140. The maximum atomic E-state index is 11.2. The van der Waals surface area contributed by atoms with Gasteiger partial charge in [0.2, 0.25) is 4.80 Å². The van der Waals surface area contributed by atoms with Crippen LogP contribution < -0.4 is 4.80 Å². The summed E-state index contributed by atoms with van der Waals surface area (Å²) in [5.41, 5.74) is 4.17. The van der Waals surface area contributed by atoms with Crippen LogP contribution >= 0.6 is 11.3 Å². The number of nitro benzene ring substituents is 1. The molecule has 3 aliphatic carbocycles. The van der Waals surface area contributed by atoms with Crippen LogP contribution in [0.5, 0.6) is 0 Å². The Balaban J connectivity index is 1.75. The van der Waals surface area contributed by atoms with Crippen molar-refractivity contribution < 1.29 is 4.92 Å². The van der Waals surface area contributed by atoms with Crippen LogP contribution in [0.25, 0.3) is 11.3 Å². The van der Waals surface area contributed by atoms with Crippen LogP contribution in [0.1, 0.15) is 33.6 Å². The average Bonchev–Trinajstić information content (AvgIpc) is 3.13. The van der Waals surface area contributed by atoms with Crippen molar-refractivity contribution in [3.05, 3.63) is 68.4 Å². The molecule has 3 aliphatic rings. The smallest absolute Gasteiger partial charge is 0.258 e. The van der Waals surface area contributed by atoms with Crippen LogP contribution in [0.15, 0.2) is 63.5 Å². The van der Waals surface area contributed by atoms with E-state index in [1.807, 2.05) is 24.6 Å². The molecule has 5 rings (SSSR count). The van der Waals surface area contributed by atoms with E-state index in [0.29, 0.717) is 17.9 Å². The van der Waals surface area contributed by atoms with Gasteiger partial charge in [-0.05, 0) is 42.6 Å². The van der Waals surface area contributed by atoms with E-state index in [0.717, 1.165) is 34.0 Å². The Kier molecular flexibility index (Phi) is 5.32. The summed E-state index contributed by atoms with van der Waals surface area (Å²) >= 11 is 1.48. The Labute approximate surface area is 180 Å². The van der Waals surface area contributed by atoms with E-state index < -0.39 is 0 Å². The number of fused-ring (bicyclic) bond motifs is 1. The minimum absolute atomic E-state index is 0.0619. The predicted molar refractivity (Wildman–Crippen MR) is 122 cm³/mol. The summed E-state index contributed by atoms with van der Waals surface area (Å²) in [7, 11) is 0. The number of nitro groups is 1. The summed E-state index contributed by atoms with van der Waals surface area (Å²) in [5.74, 6) is 1.31. The first-order chi connectivity index (χ1) is 14.3. The van der Waals surface area contributed by atoms with Gasteiger partial charge in [0.05, 0.1) is 23.4 Å². The summed E-state index contributed by atoms with van der Waals surface area (Å²) in [4.78, 5) is 16.2. The van der Waals surface area contributed by atoms with E-state index in [1.165, 1.54) is 29.4 Å². The highest BCUT2D eigenvalue weighted by atomic mass is 32.1. The highest BCUT2D eigenvalue weighted by molar-refractivity contribution is 7.07. The van der Waals surface area contributed by atoms with Crippen molar-refractivity contribution in [3.8, 4) is 11.3 Å². The molecule has 7 heteroatoms. The molecule has 30 heavy (non-hydrogen) atoms. The maximum Gasteiger partial charge on any atom is 0.270 e. The number of benzene rings is 1. The molecule has 2 bridgehead atoms. The van der Waals surface area contributed by atoms with Crippen molar-refractivity contribution in [2.45, 2.75) is 33.6 Å². The summed E-state index contributed by atoms with van der Waals surface area (Å²) in [6.07, 6.45) is 6.58. The monoisotopic (exact) mass is 422 g/mol. The standard InChI is InChI=1S/C23H26N4O2S/c1-15(2)12-24-22-26(25-13-17-8-9-18-11-20(17)23(18,3)4)21(14-30-22)16-6-5-7-19(10-16)27(28)29/h5-8,10,13-14,18,20H,1,9,11-12H2,2-4H3. The first kappa shape index (κ1) is 20.5. The number of hydrogen-bond donors (Lipinski definition) is 0. The fourth-order valence-corrected chi connectivity index (χ4v) is 5.21. The predicted octanol–water partition coefficient (Wildman–Crippen LogP) is 5.43. The number of thiazole rings is 1. The van der Waals surface area contributed by atoms with E-state index in [-0.39, 0.29) is 10.6 Å². The summed E-state index contributed by atoms with van der Waals surface area (Å²) in [6, 6.07) is 6.64. The van der Waals surface area contributed by atoms with Gasteiger partial charge in [0, 0.05) is 23.1 Å². The molecule has 0 N–H and O–H groups in total. The van der Waals surface area contributed by atoms with Gasteiger partial charge in [-0.2, -0.15) is 5.10 Å². The van der Waals surface area contributed by atoms with E-state index in [9.17, 15) is 10.1 Å². The molecule has 1 aromatic heterocycles. The molecule has 2 unspecified atom stereocenters. The Morgan fingerprint density at radius 1 is 1.47 bits per heavy atom. The zero-order valence-electron chi connectivity index (χ0n) is 17.5. The van der Waals surface area contributed by atoms with Crippen LogP contribution in [-0.2, 0) is 0 Å². The topological polar surface area (TPSA) is 72.8 Å². The highest BCUT2D eigenvalue weighted by Crippen LogP contribution is 2.58. The molecule has 1 aromatic carbocycles. The van der Waals surface area contributed by atoms with Gasteiger partial charge >= 0.3 is 0 Å². The molecule has 156 valence electrons. The lowest BCUT2D eigenvalue weighted by molar-refractivity contribution is -0.384. The summed E-state index contributed by atoms with van der Waals surface area (Å²) < 4.78 is 1.80. The normalized spacial score (nSPS) is 22.6. The molecular weight excluding hydrogens is 396 g/mol. The van der Waals surface area contributed by atoms with Crippen molar-refractivity contribution in [2.24, 2.45) is 27.3 Å². The third kappa shape index (κ3) is 3.69. The van der Waals surface area contributed by atoms with Gasteiger partial charge in [-0.1, -0.05) is 44.2 Å². The number of nitrogens with zero attached hydrogens (tertiary/aromatic N) is 4. The molecule has 1 saturated carbocycles. The molecule has 6 nitrogen and oxygen atoms in total. The van der Waals surface area contributed by atoms with Crippen LogP contribution in [-0.4, -0.2) is 22.4 Å². The Morgan fingerprint density at radius 2 is 2.27 bits per heavy atom. The molecule has 1 fully saturated rings. The van der Waals surface area contributed by atoms with Gasteiger partial charge in [0.25, 0.3) is 5.69 Å². The van der Waals surface area contributed by atoms with Crippen molar-refractivity contribution in [3.63, 3.8) is 0 Å². The van der Waals surface area contributed by atoms with Gasteiger partial charge in [-0.15, -0.1) is 11.3 Å². The van der Waals surface area contributed by atoms with Crippen molar-refractivity contribution in [2.75, 3.05) is 6.54 Å². The van der Waals surface area contributed by atoms with E-state index in [2.05, 4.69) is 31.5 Å². The largest absolute Gasteiger partial charge is 0.270 e. The van der Waals surface area contributed by atoms with Crippen LogP contribution in [0, 0.1) is 27.4 Å². The van der Waals surface area contributed by atoms with Crippen LogP contribution in [0.3, 0.4) is 0 Å². The van der Waals surface area contributed by atoms with E-state index in [1.54, 1.807) is 16.8 Å². The number of allylic oxidation sites excluding steroid dienone is 2. The number of rotatable bonds is 6. The minimum Gasteiger partial charge on any atom is -0.258 e. The molecular formula is C23H26N4O2S. The molecule has 0 aliphatic heterocycles. The van der Waals surface area contributed by atoms with Gasteiger partial charge in [0.15, 0.2) is 0 Å². The number of hydrogen-bond acceptors (Lipinski definition) is 5. The molecule has 2 atom stereocenters. The lowest BCUT2D eigenvalue weighted by Crippen LogP contribution is -2.48. The van der Waals surface area contributed by atoms with Crippen LogP contribution in [0.4, 0.5) is 5.69 Å². The third-order valence-electron chi connectivity index (χ3n) is 6.36. The number of non-ortho nitro benzene ring substituents is 1. The zero-order valence-corrected chi connectivity index (χ0v) is 18.4. The Morgan fingerprint density at radius 3 is 2.93 bits per heavy atom. The van der Waals surface area contributed by atoms with Crippen LogP contribution in [0.2, 0.25) is 0 Å². The maximum absolute atomic E-state index is 11.2. The first-order valence-electron chi connectivity index (χ1n) is 10.1. The van der Waals surface area contributed by atoms with E-state index >= 15 is 0 Å². The molecule has 0 spiro atoms.